The number of carbonyl (C=O) groups is 1. The zero-order valence-electron chi connectivity index (χ0n) is 12.7. The molecule has 1 aliphatic carbocycles. The summed E-state index contributed by atoms with van der Waals surface area (Å²) in [6.07, 6.45) is 2.13. The van der Waals surface area contributed by atoms with Crippen molar-refractivity contribution in [2.75, 3.05) is 13.2 Å². The third kappa shape index (κ3) is 4.07. The highest BCUT2D eigenvalue weighted by Crippen LogP contribution is 2.48. The van der Waals surface area contributed by atoms with Gasteiger partial charge in [-0.05, 0) is 50.7 Å². The van der Waals surface area contributed by atoms with Gasteiger partial charge in [0.1, 0.15) is 0 Å². The van der Waals surface area contributed by atoms with Crippen molar-refractivity contribution < 1.29 is 9.53 Å². The average Bonchev–Trinajstić information content (AvgIpc) is 3.18. The van der Waals surface area contributed by atoms with E-state index < -0.39 is 0 Å². The summed E-state index contributed by atoms with van der Waals surface area (Å²) in [5.41, 5.74) is 2.62. The van der Waals surface area contributed by atoms with Crippen molar-refractivity contribution in [3.05, 3.63) is 35.4 Å². The summed E-state index contributed by atoms with van der Waals surface area (Å²) in [5.74, 6) is 0.785. The number of ether oxygens (including phenoxy) is 1. The average molecular weight is 275 g/mol. The van der Waals surface area contributed by atoms with Crippen LogP contribution < -0.4 is 5.32 Å². The van der Waals surface area contributed by atoms with Crippen LogP contribution in [0.5, 0.6) is 0 Å². The van der Waals surface area contributed by atoms with Gasteiger partial charge < -0.3 is 10.1 Å². The predicted molar refractivity (Wildman–Crippen MR) is 80.7 cm³/mol. The molecule has 0 bridgehead atoms. The Morgan fingerprint density at radius 1 is 1.40 bits per heavy atom. The maximum atomic E-state index is 12.0. The molecule has 0 aromatic heterocycles. The van der Waals surface area contributed by atoms with Gasteiger partial charge in [-0.15, -0.1) is 0 Å². The molecule has 110 valence electrons. The van der Waals surface area contributed by atoms with Gasteiger partial charge in [-0.25, -0.2) is 0 Å². The molecule has 1 aromatic carbocycles. The number of aryl methyl sites for hydroxylation is 1. The zero-order valence-corrected chi connectivity index (χ0v) is 12.7. The number of hydrogen-bond donors (Lipinski definition) is 1. The number of rotatable bonds is 7. The third-order valence-corrected chi connectivity index (χ3v) is 3.79. The molecule has 1 aromatic rings. The Morgan fingerprint density at radius 2 is 2.15 bits per heavy atom. The quantitative estimate of drug-likeness (QED) is 0.777. The van der Waals surface area contributed by atoms with Gasteiger partial charge in [-0.1, -0.05) is 24.3 Å². The molecule has 3 nitrogen and oxygen atoms in total. The lowest BCUT2D eigenvalue weighted by Gasteiger charge is -2.08. The smallest absolute Gasteiger partial charge is 0.223 e. The molecule has 0 aliphatic heterocycles. The molecule has 1 amide bonds. The van der Waals surface area contributed by atoms with Crippen LogP contribution in [0, 0.1) is 12.8 Å². The minimum atomic E-state index is 0.169. The molecule has 1 fully saturated rings. The van der Waals surface area contributed by atoms with Gasteiger partial charge >= 0.3 is 0 Å². The first-order valence-electron chi connectivity index (χ1n) is 7.54. The third-order valence-electron chi connectivity index (χ3n) is 3.79. The van der Waals surface area contributed by atoms with E-state index in [1.165, 1.54) is 11.1 Å². The van der Waals surface area contributed by atoms with Gasteiger partial charge in [0.15, 0.2) is 0 Å². The Labute approximate surface area is 121 Å². The highest BCUT2D eigenvalue weighted by molar-refractivity contribution is 5.82. The molecule has 0 heterocycles. The highest BCUT2D eigenvalue weighted by atomic mass is 16.5. The summed E-state index contributed by atoms with van der Waals surface area (Å²) in [6.45, 7) is 7.59. The van der Waals surface area contributed by atoms with Crippen LogP contribution in [0.3, 0.4) is 0 Å². The Balaban J connectivity index is 1.70. The predicted octanol–water partition coefficient (Wildman–Crippen LogP) is 3.03. The molecular formula is C17H25NO2. The van der Waals surface area contributed by atoms with E-state index in [-0.39, 0.29) is 17.9 Å². The van der Waals surface area contributed by atoms with Crippen LogP contribution in [-0.4, -0.2) is 25.2 Å². The van der Waals surface area contributed by atoms with E-state index in [1.54, 1.807) is 0 Å². The van der Waals surface area contributed by atoms with Gasteiger partial charge in [0, 0.05) is 19.1 Å². The molecule has 1 N–H and O–H groups in total. The summed E-state index contributed by atoms with van der Waals surface area (Å²) in [4.78, 5) is 12.0. The minimum absolute atomic E-state index is 0.169. The Kier molecular flexibility index (Phi) is 5.18. The standard InChI is InChI=1S/C17H25NO2/c1-12(2)20-10-6-9-18-17(19)16-11-15(16)14-8-5-4-7-13(14)3/h4-5,7-8,12,15-16H,6,9-11H2,1-3H3,(H,18,19)/t15-,16+/m0/s1. The summed E-state index contributed by atoms with van der Waals surface area (Å²) in [5, 5.41) is 3.02. The van der Waals surface area contributed by atoms with Crippen LogP contribution in [-0.2, 0) is 9.53 Å². The van der Waals surface area contributed by atoms with Crippen LogP contribution >= 0.6 is 0 Å². The second-order valence-corrected chi connectivity index (χ2v) is 5.87. The lowest BCUT2D eigenvalue weighted by atomic mass is 10.0. The van der Waals surface area contributed by atoms with Crippen molar-refractivity contribution in [3.8, 4) is 0 Å². The van der Waals surface area contributed by atoms with Crippen LogP contribution in [0.4, 0.5) is 0 Å². The SMILES string of the molecule is Cc1ccccc1[C@@H]1C[C@H]1C(=O)NCCCOC(C)C. The maximum Gasteiger partial charge on any atom is 0.223 e. The molecule has 0 unspecified atom stereocenters. The lowest BCUT2D eigenvalue weighted by molar-refractivity contribution is -0.122. The second-order valence-electron chi connectivity index (χ2n) is 5.87. The highest BCUT2D eigenvalue weighted by Gasteiger charge is 2.44. The van der Waals surface area contributed by atoms with E-state index in [9.17, 15) is 4.79 Å². The molecule has 1 aliphatic rings. The number of nitrogens with one attached hydrogen (secondary N) is 1. The van der Waals surface area contributed by atoms with Crippen molar-refractivity contribution in [2.24, 2.45) is 5.92 Å². The summed E-state index contributed by atoms with van der Waals surface area (Å²) in [6, 6.07) is 8.36. The van der Waals surface area contributed by atoms with Crippen molar-refractivity contribution >= 4 is 5.91 Å². The van der Waals surface area contributed by atoms with E-state index >= 15 is 0 Å². The van der Waals surface area contributed by atoms with E-state index in [0.717, 1.165) is 12.8 Å². The first-order chi connectivity index (χ1) is 9.59. The normalized spacial score (nSPS) is 21.0. The van der Waals surface area contributed by atoms with Crippen molar-refractivity contribution in [2.45, 2.75) is 45.6 Å². The van der Waals surface area contributed by atoms with Crippen LogP contribution in [0.15, 0.2) is 24.3 Å². The van der Waals surface area contributed by atoms with Gasteiger partial charge in [-0.2, -0.15) is 0 Å². The fraction of sp³-hybridized carbons (Fsp3) is 0.588. The van der Waals surface area contributed by atoms with E-state index in [1.807, 2.05) is 19.9 Å². The monoisotopic (exact) mass is 275 g/mol. The van der Waals surface area contributed by atoms with Crippen LogP contribution in [0.25, 0.3) is 0 Å². The van der Waals surface area contributed by atoms with E-state index in [4.69, 9.17) is 4.74 Å². The van der Waals surface area contributed by atoms with Crippen LogP contribution in [0.1, 0.15) is 43.7 Å². The van der Waals surface area contributed by atoms with Gasteiger partial charge in [0.2, 0.25) is 5.91 Å². The van der Waals surface area contributed by atoms with E-state index in [0.29, 0.717) is 19.1 Å². The molecule has 1 saturated carbocycles. The van der Waals surface area contributed by atoms with Gasteiger partial charge in [0.25, 0.3) is 0 Å². The number of hydrogen-bond acceptors (Lipinski definition) is 2. The minimum Gasteiger partial charge on any atom is -0.379 e. The van der Waals surface area contributed by atoms with Gasteiger partial charge in [-0.3, -0.25) is 4.79 Å². The van der Waals surface area contributed by atoms with Crippen LogP contribution in [0.2, 0.25) is 0 Å². The molecule has 0 saturated heterocycles. The Morgan fingerprint density at radius 3 is 2.85 bits per heavy atom. The lowest BCUT2D eigenvalue weighted by Crippen LogP contribution is -2.27. The topological polar surface area (TPSA) is 38.3 Å². The second kappa shape index (κ2) is 6.89. The largest absolute Gasteiger partial charge is 0.379 e. The molecule has 2 atom stereocenters. The summed E-state index contributed by atoms with van der Waals surface area (Å²) in [7, 11) is 0. The fourth-order valence-electron chi connectivity index (χ4n) is 2.57. The molecule has 3 heteroatoms. The van der Waals surface area contributed by atoms with E-state index in [2.05, 4.69) is 30.4 Å². The van der Waals surface area contributed by atoms with Gasteiger partial charge in [0.05, 0.1) is 6.10 Å². The molecule has 2 rings (SSSR count). The molecule has 0 spiro atoms. The van der Waals surface area contributed by atoms with Crippen molar-refractivity contribution in [3.63, 3.8) is 0 Å². The molecule has 0 radical (unpaired) electrons. The number of benzene rings is 1. The number of amides is 1. The fourth-order valence-corrected chi connectivity index (χ4v) is 2.57. The van der Waals surface area contributed by atoms with Crippen molar-refractivity contribution in [1.29, 1.82) is 0 Å². The van der Waals surface area contributed by atoms with Crippen molar-refractivity contribution in [1.82, 2.24) is 5.32 Å². The Hall–Kier alpha value is -1.35. The number of carbonyl (C=O) groups excluding carboxylic acids is 1. The molecule has 20 heavy (non-hydrogen) atoms. The first-order valence-corrected chi connectivity index (χ1v) is 7.54. The maximum absolute atomic E-state index is 12.0. The summed E-state index contributed by atoms with van der Waals surface area (Å²) < 4.78 is 5.45. The Bertz CT molecular complexity index is 456. The summed E-state index contributed by atoms with van der Waals surface area (Å²) >= 11 is 0. The first kappa shape index (κ1) is 15.0. The zero-order chi connectivity index (χ0) is 14.5. The molecular weight excluding hydrogens is 250 g/mol.